The summed E-state index contributed by atoms with van der Waals surface area (Å²) in [6.45, 7) is 3.53. The minimum Gasteiger partial charge on any atom is -0.381 e. The van der Waals surface area contributed by atoms with E-state index in [1.54, 1.807) is 29.4 Å². The number of nitrogens with one attached hydrogen (secondary N) is 1. The summed E-state index contributed by atoms with van der Waals surface area (Å²) in [5, 5.41) is 12.7. The molecule has 1 aliphatic heterocycles. The van der Waals surface area contributed by atoms with Crippen LogP contribution in [0.15, 0.2) is 36.4 Å². The monoisotopic (exact) mass is 457 g/mol. The second-order valence-corrected chi connectivity index (χ2v) is 9.47. The van der Waals surface area contributed by atoms with Crippen LogP contribution >= 0.6 is 23.2 Å². The highest BCUT2D eigenvalue weighted by Gasteiger charge is 2.22. The molecule has 0 radical (unpaired) electrons. The lowest BCUT2D eigenvalue weighted by Gasteiger charge is -2.12. The number of halogens is 3. The van der Waals surface area contributed by atoms with Crippen LogP contribution in [0, 0.1) is 17.1 Å². The van der Waals surface area contributed by atoms with Gasteiger partial charge < -0.3 is 5.32 Å². The third kappa shape index (κ3) is 6.86. The second-order valence-electron chi connectivity index (χ2n) is 6.40. The predicted octanol–water partition coefficient (Wildman–Crippen LogP) is 5.05. The molecule has 0 aromatic heterocycles. The van der Waals surface area contributed by atoms with E-state index in [9.17, 15) is 12.8 Å². The van der Waals surface area contributed by atoms with Crippen molar-refractivity contribution in [3.05, 3.63) is 63.4 Å². The maximum atomic E-state index is 13.1. The highest BCUT2D eigenvalue weighted by atomic mass is 35.5. The molecule has 1 heterocycles. The third-order valence-electron chi connectivity index (χ3n) is 4.40. The quantitative estimate of drug-likeness (QED) is 0.681. The van der Waals surface area contributed by atoms with E-state index < -0.39 is 10.0 Å². The average Bonchev–Trinajstić information content (AvgIpc) is 3.25. The SMILES string of the molecule is CCS(=O)(=O)N1CCCC1.N#Cc1ccc(NCc2cc(F)ccc2Cl)cc1Cl. The van der Waals surface area contributed by atoms with Crippen LogP contribution in [0.2, 0.25) is 10.0 Å². The maximum absolute atomic E-state index is 13.1. The van der Waals surface area contributed by atoms with Crippen LogP contribution in [0.1, 0.15) is 30.9 Å². The van der Waals surface area contributed by atoms with E-state index in [0.29, 0.717) is 27.7 Å². The Balaban J connectivity index is 0.000000253. The highest BCUT2D eigenvalue weighted by Crippen LogP contribution is 2.22. The Morgan fingerprint density at radius 3 is 2.41 bits per heavy atom. The number of sulfonamides is 1. The van der Waals surface area contributed by atoms with Crippen molar-refractivity contribution < 1.29 is 12.8 Å². The van der Waals surface area contributed by atoms with Gasteiger partial charge in [0.15, 0.2) is 0 Å². The van der Waals surface area contributed by atoms with Gasteiger partial charge in [-0.05, 0) is 61.7 Å². The van der Waals surface area contributed by atoms with Crippen LogP contribution in [0.5, 0.6) is 0 Å². The summed E-state index contributed by atoms with van der Waals surface area (Å²) >= 11 is 11.9. The minimum atomic E-state index is -2.86. The van der Waals surface area contributed by atoms with Gasteiger partial charge in [-0.25, -0.2) is 17.1 Å². The molecule has 29 heavy (non-hydrogen) atoms. The van der Waals surface area contributed by atoms with Gasteiger partial charge in [0, 0.05) is 30.3 Å². The zero-order valence-electron chi connectivity index (χ0n) is 16.0. The molecule has 0 atom stereocenters. The predicted molar refractivity (Wildman–Crippen MR) is 115 cm³/mol. The van der Waals surface area contributed by atoms with Gasteiger partial charge in [-0.1, -0.05) is 23.2 Å². The van der Waals surface area contributed by atoms with Gasteiger partial charge >= 0.3 is 0 Å². The Labute approximate surface area is 181 Å². The summed E-state index contributed by atoms with van der Waals surface area (Å²) in [6, 6.07) is 11.2. The first-order chi connectivity index (χ1) is 13.8. The number of nitriles is 1. The molecule has 3 rings (SSSR count). The lowest BCUT2D eigenvalue weighted by Crippen LogP contribution is -2.29. The average molecular weight is 458 g/mol. The maximum Gasteiger partial charge on any atom is 0.213 e. The molecule has 1 saturated heterocycles. The zero-order valence-corrected chi connectivity index (χ0v) is 18.3. The summed E-state index contributed by atoms with van der Waals surface area (Å²) in [5.74, 6) is -0.0911. The highest BCUT2D eigenvalue weighted by molar-refractivity contribution is 7.89. The van der Waals surface area contributed by atoms with Crippen LogP contribution in [-0.4, -0.2) is 31.6 Å². The summed E-state index contributed by atoms with van der Waals surface area (Å²) < 4.78 is 36.9. The first kappa shape index (κ1) is 23.4. The molecule has 0 unspecified atom stereocenters. The number of benzene rings is 2. The summed E-state index contributed by atoms with van der Waals surface area (Å²) in [7, 11) is -2.86. The van der Waals surface area contributed by atoms with Crippen molar-refractivity contribution in [3.63, 3.8) is 0 Å². The van der Waals surface area contributed by atoms with Gasteiger partial charge in [0.1, 0.15) is 11.9 Å². The van der Waals surface area contributed by atoms with Crippen LogP contribution in [0.3, 0.4) is 0 Å². The fourth-order valence-corrected chi connectivity index (χ4v) is 4.33. The Morgan fingerprint density at radius 1 is 1.14 bits per heavy atom. The van der Waals surface area contributed by atoms with Crippen molar-refractivity contribution in [3.8, 4) is 6.07 Å². The molecular formula is C20H22Cl2FN3O2S. The molecular weight excluding hydrogens is 436 g/mol. The standard InChI is InChI=1S/C14H9Cl2FN2.C6H13NO2S/c15-13-4-2-11(17)5-10(13)8-19-12-3-1-9(7-18)14(16)6-12;1-2-10(8,9)7-5-3-4-6-7/h1-6,19H,8H2;2-6H2,1H3. The van der Waals surface area contributed by atoms with Crippen molar-refractivity contribution in [1.29, 1.82) is 5.26 Å². The molecule has 5 nitrogen and oxygen atoms in total. The van der Waals surface area contributed by atoms with Gasteiger partial charge in [0.2, 0.25) is 10.0 Å². The molecule has 156 valence electrons. The number of hydrogen-bond donors (Lipinski definition) is 1. The Hall–Kier alpha value is -1.85. The topological polar surface area (TPSA) is 73.2 Å². The lowest BCUT2D eigenvalue weighted by atomic mass is 10.2. The van der Waals surface area contributed by atoms with Crippen molar-refractivity contribution in [2.24, 2.45) is 0 Å². The molecule has 1 N–H and O–H groups in total. The van der Waals surface area contributed by atoms with Crippen molar-refractivity contribution in [1.82, 2.24) is 4.31 Å². The van der Waals surface area contributed by atoms with Crippen LogP contribution < -0.4 is 5.32 Å². The minimum absolute atomic E-state index is 0.243. The van der Waals surface area contributed by atoms with E-state index >= 15 is 0 Å². The molecule has 0 spiro atoms. The lowest BCUT2D eigenvalue weighted by molar-refractivity contribution is 0.478. The zero-order chi connectivity index (χ0) is 21.4. The Morgan fingerprint density at radius 2 is 1.83 bits per heavy atom. The molecule has 1 aliphatic rings. The normalized spacial score (nSPS) is 14.0. The van der Waals surface area contributed by atoms with Gasteiger partial charge in [-0.2, -0.15) is 5.26 Å². The first-order valence-electron chi connectivity index (χ1n) is 9.12. The van der Waals surface area contributed by atoms with E-state index in [1.807, 2.05) is 6.07 Å². The molecule has 0 amide bonds. The number of nitrogens with zero attached hydrogens (tertiary/aromatic N) is 2. The summed E-state index contributed by atoms with van der Waals surface area (Å²) in [5.41, 5.74) is 1.81. The van der Waals surface area contributed by atoms with Crippen LogP contribution in [0.25, 0.3) is 0 Å². The Bertz CT molecular complexity index is 988. The van der Waals surface area contributed by atoms with E-state index in [-0.39, 0.29) is 11.6 Å². The molecule has 0 aliphatic carbocycles. The van der Waals surface area contributed by atoms with Gasteiger partial charge in [-0.3, -0.25) is 0 Å². The number of hydrogen-bond acceptors (Lipinski definition) is 4. The second kappa shape index (κ2) is 10.8. The smallest absolute Gasteiger partial charge is 0.213 e. The fourth-order valence-electron chi connectivity index (χ4n) is 2.74. The van der Waals surface area contributed by atoms with Gasteiger partial charge in [0.05, 0.1) is 16.3 Å². The molecule has 1 fully saturated rings. The van der Waals surface area contributed by atoms with E-state index in [2.05, 4.69) is 5.32 Å². The molecule has 2 aromatic carbocycles. The van der Waals surface area contributed by atoms with Crippen molar-refractivity contribution in [2.45, 2.75) is 26.3 Å². The number of anilines is 1. The summed E-state index contributed by atoms with van der Waals surface area (Å²) in [4.78, 5) is 0. The van der Waals surface area contributed by atoms with Gasteiger partial charge in [-0.15, -0.1) is 0 Å². The molecule has 2 aromatic rings. The van der Waals surface area contributed by atoms with Crippen molar-refractivity contribution in [2.75, 3.05) is 24.2 Å². The molecule has 0 bridgehead atoms. The third-order valence-corrected chi connectivity index (χ3v) is 6.97. The largest absolute Gasteiger partial charge is 0.381 e. The fraction of sp³-hybridized carbons (Fsp3) is 0.350. The van der Waals surface area contributed by atoms with E-state index in [4.69, 9.17) is 28.5 Å². The van der Waals surface area contributed by atoms with E-state index in [1.165, 1.54) is 18.2 Å². The molecule has 9 heteroatoms. The van der Waals surface area contributed by atoms with Crippen molar-refractivity contribution >= 4 is 38.9 Å². The van der Waals surface area contributed by atoms with Gasteiger partial charge in [0.25, 0.3) is 0 Å². The number of rotatable bonds is 5. The van der Waals surface area contributed by atoms with Crippen LogP contribution in [0.4, 0.5) is 10.1 Å². The summed E-state index contributed by atoms with van der Waals surface area (Å²) in [6.07, 6.45) is 2.05. The first-order valence-corrected chi connectivity index (χ1v) is 11.5. The Kier molecular flexibility index (Phi) is 8.72. The molecule has 0 saturated carbocycles. The van der Waals surface area contributed by atoms with Crippen LogP contribution in [-0.2, 0) is 16.6 Å². The van der Waals surface area contributed by atoms with E-state index in [0.717, 1.165) is 31.6 Å².